The molecule has 2 atom stereocenters. The first kappa shape index (κ1) is 11.1. The number of hydrogen-bond donors (Lipinski definition) is 1. The van der Waals surface area contributed by atoms with Gasteiger partial charge in [-0.2, -0.15) is 13.2 Å². The Morgan fingerprint density at radius 1 is 1.50 bits per heavy atom. The largest absolute Gasteiger partial charge is 0.406 e. The highest BCUT2D eigenvalue weighted by Crippen LogP contribution is 2.20. The van der Waals surface area contributed by atoms with Gasteiger partial charge in [0.1, 0.15) is 6.54 Å². The number of alkyl halides is 3. The molecule has 0 radical (unpaired) electrons. The van der Waals surface area contributed by atoms with Crippen molar-refractivity contribution in [2.24, 2.45) is 5.92 Å². The van der Waals surface area contributed by atoms with Crippen LogP contribution in [0.25, 0.3) is 0 Å². The maximum Gasteiger partial charge on any atom is 0.406 e. The van der Waals surface area contributed by atoms with Crippen LogP contribution >= 0.6 is 0 Å². The zero-order valence-corrected chi connectivity index (χ0v) is 8.06. The molecule has 1 rings (SSSR count). The lowest BCUT2D eigenvalue weighted by atomic mass is 10.0. The van der Waals surface area contributed by atoms with Crippen LogP contribution in [0.1, 0.15) is 13.8 Å². The van der Waals surface area contributed by atoms with Crippen LogP contribution in [0, 0.1) is 5.92 Å². The van der Waals surface area contributed by atoms with Crippen LogP contribution < -0.4 is 5.32 Å². The van der Waals surface area contributed by atoms with Gasteiger partial charge in [-0.05, 0) is 12.8 Å². The van der Waals surface area contributed by atoms with Crippen molar-refractivity contribution < 1.29 is 18.0 Å². The molecule has 1 aliphatic rings. The van der Waals surface area contributed by atoms with Crippen molar-refractivity contribution in [1.29, 1.82) is 0 Å². The molecule has 0 aromatic heterocycles. The standard InChI is InChI=1S/C8H13F3N2O/c1-5-3-13(4-8(9,10)11)7(14)12-6(5)2/h5-6H,3-4H2,1-2H3,(H,12,14). The minimum absolute atomic E-state index is 0.0371. The summed E-state index contributed by atoms with van der Waals surface area (Å²) in [4.78, 5) is 11.9. The Labute approximate surface area is 80.3 Å². The predicted octanol–water partition coefficient (Wildman–Crippen LogP) is 1.60. The molecule has 14 heavy (non-hydrogen) atoms. The van der Waals surface area contributed by atoms with Crippen LogP contribution in [0.3, 0.4) is 0 Å². The molecule has 2 unspecified atom stereocenters. The maximum absolute atomic E-state index is 12.0. The zero-order valence-electron chi connectivity index (χ0n) is 8.06. The Morgan fingerprint density at radius 3 is 2.57 bits per heavy atom. The number of halogens is 3. The van der Waals surface area contributed by atoms with E-state index in [2.05, 4.69) is 5.32 Å². The van der Waals surface area contributed by atoms with Gasteiger partial charge in [0, 0.05) is 12.6 Å². The Morgan fingerprint density at radius 2 is 2.07 bits per heavy atom. The lowest BCUT2D eigenvalue weighted by molar-refractivity contribution is -0.142. The molecule has 6 heteroatoms. The fraction of sp³-hybridized carbons (Fsp3) is 0.875. The molecule has 1 fully saturated rings. The van der Waals surface area contributed by atoms with Gasteiger partial charge in [-0.1, -0.05) is 6.92 Å². The van der Waals surface area contributed by atoms with Gasteiger partial charge >= 0.3 is 12.2 Å². The van der Waals surface area contributed by atoms with Gasteiger partial charge in [0.25, 0.3) is 0 Å². The fourth-order valence-corrected chi connectivity index (χ4v) is 1.37. The molecule has 82 valence electrons. The van der Waals surface area contributed by atoms with E-state index >= 15 is 0 Å². The molecule has 1 aliphatic heterocycles. The molecule has 3 nitrogen and oxygen atoms in total. The average molecular weight is 210 g/mol. The van der Waals surface area contributed by atoms with Crippen LogP contribution in [0.5, 0.6) is 0 Å². The molecule has 1 N–H and O–H groups in total. The summed E-state index contributed by atoms with van der Waals surface area (Å²) in [5.74, 6) is 0.0371. The van der Waals surface area contributed by atoms with E-state index in [0.29, 0.717) is 0 Å². The van der Waals surface area contributed by atoms with E-state index in [1.54, 1.807) is 6.92 Å². The summed E-state index contributed by atoms with van der Waals surface area (Å²) in [5, 5.41) is 2.49. The molecular weight excluding hydrogens is 197 g/mol. The van der Waals surface area contributed by atoms with E-state index in [9.17, 15) is 18.0 Å². The molecule has 0 bridgehead atoms. The van der Waals surface area contributed by atoms with Gasteiger partial charge in [0.05, 0.1) is 0 Å². The Balaban J connectivity index is 2.58. The zero-order chi connectivity index (χ0) is 10.9. The first-order valence-corrected chi connectivity index (χ1v) is 4.42. The minimum Gasteiger partial charge on any atom is -0.335 e. The molecule has 1 heterocycles. The predicted molar refractivity (Wildman–Crippen MR) is 44.8 cm³/mol. The molecular formula is C8H13F3N2O. The Bertz CT molecular complexity index is 229. The van der Waals surface area contributed by atoms with Gasteiger partial charge in [-0.15, -0.1) is 0 Å². The molecule has 0 spiro atoms. The first-order valence-electron chi connectivity index (χ1n) is 4.42. The summed E-state index contributed by atoms with van der Waals surface area (Å²) in [7, 11) is 0. The summed E-state index contributed by atoms with van der Waals surface area (Å²) >= 11 is 0. The third-order valence-electron chi connectivity index (χ3n) is 2.37. The van der Waals surface area contributed by atoms with Gasteiger partial charge in [-0.25, -0.2) is 4.79 Å². The van der Waals surface area contributed by atoms with Crippen molar-refractivity contribution in [3.8, 4) is 0 Å². The van der Waals surface area contributed by atoms with Crippen molar-refractivity contribution in [3.05, 3.63) is 0 Å². The normalized spacial score (nSPS) is 28.9. The lowest BCUT2D eigenvalue weighted by Gasteiger charge is -2.36. The number of nitrogens with one attached hydrogen (secondary N) is 1. The molecule has 0 saturated carbocycles. The highest BCUT2D eigenvalue weighted by Gasteiger charge is 2.36. The van der Waals surface area contributed by atoms with Crippen LogP contribution in [-0.2, 0) is 0 Å². The number of hydrogen-bond acceptors (Lipinski definition) is 1. The fourth-order valence-electron chi connectivity index (χ4n) is 1.37. The van der Waals surface area contributed by atoms with Crippen molar-refractivity contribution in [1.82, 2.24) is 10.2 Å². The monoisotopic (exact) mass is 210 g/mol. The molecule has 0 aromatic carbocycles. The number of carbonyl (C=O) groups is 1. The molecule has 0 aromatic rings. The van der Waals surface area contributed by atoms with Gasteiger partial charge < -0.3 is 10.2 Å². The minimum atomic E-state index is -4.32. The summed E-state index contributed by atoms with van der Waals surface area (Å²) in [5.41, 5.74) is 0. The average Bonchev–Trinajstić information content (AvgIpc) is 1.97. The number of urea groups is 1. The highest BCUT2D eigenvalue weighted by molar-refractivity contribution is 5.75. The van der Waals surface area contributed by atoms with Crippen LogP contribution in [-0.4, -0.2) is 36.2 Å². The second kappa shape index (κ2) is 3.67. The van der Waals surface area contributed by atoms with Gasteiger partial charge in [0.2, 0.25) is 0 Å². The molecule has 1 saturated heterocycles. The second-order valence-electron chi connectivity index (χ2n) is 3.71. The van der Waals surface area contributed by atoms with Crippen LogP contribution in [0.4, 0.5) is 18.0 Å². The SMILES string of the molecule is CC1CN(CC(F)(F)F)C(=O)NC1C. The van der Waals surface area contributed by atoms with E-state index < -0.39 is 18.8 Å². The first-order chi connectivity index (χ1) is 6.29. The summed E-state index contributed by atoms with van der Waals surface area (Å²) < 4.78 is 36.0. The van der Waals surface area contributed by atoms with Crippen LogP contribution in [0.2, 0.25) is 0 Å². The van der Waals surface area contributed by atoms with Crippen molar-refractivity contribution in [2.75, 3.05) is 13.1 Å². The molecule has 0 aliphatic carbocycles. The summed E-state index contributed by atoms with van der Waals surface area (Å²) in [6, 6.07) is -0.695. The Kier molecular flexibility index (Phi) is 2.92. The van der Waals surface area contributed by atoms with Crippen molar-refractivity contribution in [3.63, 3.8) is 0 Å². The van der Waals surface area contributed by atoms with E-state index in [-0.39, 0.29) is 18.5 Å². The molecule has 2 amide bonds. The Hall–Kier alpha value is -0.940. The van der Waals surface area contributed by atoms with Gasteiger partial charge in [-0.3, -0.25) is 0 Å². The number of amides is 2. The van der Waals surface area contributed by atoms with Crippen molar-refractivity contribution in [2.45, 2.75) is 26.1 Å². The topological polar surface area (TPSA) is 32.3 Å². The number of rotatable bonds is 1. The highest BCUT2D eigenvalue weighted by atomic mass is 19.4. The number of nitrogens with zero attached hydrogens (tertiary/aromatic N) is 1. The smallest absolute Gasteiger partial charge is 0.335 e. The summed E-state index contributed by atoms with van der Waals surface area (Å²) in [6.07, 6.45) is -4.32. The quantitative estimate of drug-likeness (QED) is 0.700. The van der Waals surface area contributed by atoms with E-state index in [1.165, 1.54) is 0 Å². The van der Waals surface area contributed by atoms with Crippen LogP contribution in [0.15, 0.2) is 0 Å². The lowest BCUT2D eigenvalue weighted by Crippen LogP contribution is -2.56. The maximum atomic E-state index is 12.0. The third kappa shape index (κ3) is 2.78. The summed E-state index contributed by atoms with van der Waals surface area (Å²) in [6.45, 7) is 2.59. The van der Waals surface area contributed by atoms with E-state index in [4.69, 9.17) is 0 Å². The number of carbonyl (C=O) groups excluding carboxylic acids is 1. The second-order valence-corrected chi connectivity index (χ2v) is 3.71. The van der Waals surface area contributed by atoms with Gasteiger partial charge in [0.15, 0.2) is 0 Å². The third-order valence-corrected chi connectivity index (χ3v) is 2.37. The van der Waals surface area contributed by atoms with E-state index in [0.717, 1.165) is 4.90 Å². The van der Waals surface area contributed by atoms with E-state index in [1.807, 2.05) is 6.92 Å². The van der Waals surface area contributed by atoms with Crippen molar-refractivity contribution >= 4 is 6.03 Å².